The van der Waals surface area contributed by atoms with Gasteiger partial charge in [-0.1, -0.05) is 31.4 Å². The van der Waals surface area contributed by atoms with Crippen molar-refractivity contribution in [2.45, 2.75) is 57.9 Å². The molecule has 0 radical (unpaired) electrons. The first kappa shape index (κ1) is 16.7. The Bertz CT molecular complexity index is 241. The van der Waals surface area contributed by atoms with Gasteiger partial charge < -0.3 is 14.8 Å². The smallest absolute Gasteiger partial charge is 0.0700 e. The number of nitrogens with one attached hydrogen (secondary N) is 1. The van der Waals surface area contributed by atoms with Crippen molar-refractivity contribution in [2.75, 3.05) is 33.5 Å². The standard InChI is InChI=1S/C16H31NO2/c1-3-17-16(11-12-19-14-13-18-2)15-9-7-5-4-6-8-10-15/h9,16-17H,3-8,10-14H2,1-2H3. The Labute approximate surface area is 118 Å². The van der Waals surface area contributed by atoms with Crippen molar-refractivity contribution in [3.05, 3.63) is 11.6 Å². The van der Waals surface area contributed by atoms with Gasteiger partial charge in [0.05, 0.1) is 13.2 Å². The second-order valence-electron chi connectivity index (χ2n) is 5.24. The summed E-state index contributed by atoms with van der Waals surface area (Å²) in [4.78, 5) is 0. The van der Waals surface area contributed by atoms with E-state index in [1.807, 2.05) is 0 Å². The Morgan fingerprint density at radius 1 is 1.16 bits per heavy atom. The Kier molecular flexibility index (Phi) is 10.0. The van der Waals surface area contributed by atoms with Crippen LogP contribution in [-0.4, -0.2) is 39.5 Å². The van der Waals surface area contributed by atoms with E-state index in [-0.39, 0.29) is 0 Å². The van der Waals surface area contributed by atoms with E-state index in [1.54, 1.807) is 12.7 Å². The summed E-state index contributed by atoms with van der Waals surface area (Å²) in [6, 6.07) is 0.505. The molecule has 0 aromatic carbocycles. The lowest BCUT2D eigenvalue weighted by molar-refractivity contribution is 0.0670. The Morgan fingerprint density at radius 3 is 2.79 bits per heavy atom. The van der Waals surface area contributed by atoms with Crippen LogP contribution in [0, 0.1) is 0 Å². The van der Waals surface area contributed by atoms with Crippen LogP contribution in [-0.2, 0) is 9.47 Å². The summed E-state index contributed by atoms with van der Waals surface area (Å²) in [6.45, 7) is 5.42. The minimum atomic E-state index is 0.505. The topological polar surface area (TPSA) is 30.5 Å². The zero-order chi connectivity index (χ0) is 13.8. The van der Waals surface area contributed by atoms with Crippen molar-refractivity contribution in [3.63, 3.8) is 0 Å². The van der Waals surface area contributed by atoms with E-state index in [1.165, 1.54) is 38.5 Å². The molecule has 0 spiro atoms. The number of allylic oxidation sites excluding steroid dienone is 1. The first-order valence-electron chi connectivity index (χ1n) is 7.87. The molecule has 3 heteroatoms. The molecule has 0 amide bonds. The Balaban J connectivity index is 2.36. The first-order chi connectivity index (χ1) is 9.38. The number of ether oxygens (including phenoxy) is 2. The largest absolute Gasteiger partial charge is 0.382 e. The van der Waals surface area contributed by atoms with Crippen LogP contribution in [0.4, 0.5) is 0 Å². The first-order valence-corrected chi connectivity index (χ1v) is 7.87. The maximum Gasteiger partial charge on any atom is 0.0700 e. The van der Waals surface area contributed by atoms with Gasteiger partial charge in [-0.15, -0.1) is 0 Å². The molecule has 0 saturated heterocycles. The summed E-state index contributed by atoms with van der Waals surface area (Å²) < 4.78 is 10.6. The van der Waals surface area contributed by atoms with Crippen LogP contribution in [0.25, 0.3) is 0 Å². The summed E-state index contributed by atoms with van der Waals surface area (Å²) in [5, 5.41) is 3.61. The van der Waals surface area contributed by atoms with Gasteiger partial charge in [-0.05, 0) is 38.6 Å². The molecule has 1 unspecified atom stereocenters. The van der Waals surface area contributed by atoms with Crippen LogP contribution >= 0.6 is 0 Å². The molecule has 1 atom stereocenters. The minimum absolute atomic E-state index is 0.505. The lowest BCUT2D eigenvalue weighted by atomic mass is 9.93. The van der Waals surface area contributed by atoms with Gasteiger partial charge in [-0.25, -0.2) is 0 Å². The van der Waals surface area contributed by atoms with Gasteiger partial charge in [0.1, 0.15) is 0 Å². The molecule has 0 saturated carbocycles. The van der Waals surface area contributed by atoms with E-state index in [9.17, 15) is 0 Å². The van der Waals surface area contributed by atoms with Crippen molar-refractivity contribution < 1.29 is 9.47 Å². The molecule has 0 heterocycles. The second kappa shape index (κ2) is 11.4. The number of methoxy groups -OCH3 is 1. The van der Waals surface area contributed by atoms with Crippen LogP contribution in [0.3, 0.4) is 0 Å². The quantitative estimate of drug-likeness (QED) is 0.514. The lowest BCUT2D eigenvalue weighted by Crippen LogP contribution is -2.32. The normalized spacial score (nSPS) is 18.5. The molecule has 0 aromatic rings. The highest BCUT2D eigenvalue weighted by Gasteiger charge is 2.13. The molecule has 1 rings (SSSR count). The third-order valence-corrected chi connectivity index (χ3v) is 3.71. The molecule has 1 N–H and O–H groups in total. The van der Waals surface area contributed by atoms with Crippen molar-refractivity contribution in [1.82, 2.24) is 5.32 Å². The highest BCUT2D eigenvalue weighted by Crippen LogP contribution is 2.21. The van der Waals surface area contributed by atoms with E-state index in [2.05, 4.69) is 18.3 Å². The molecule has 0 bridgehead atoms. The molecule has 0 fully saturated rings. The summed E-state index contributed by atoms with van der Waals surface area (Å²) >= 11 is 0. The predicted molar refractivity (Wildman–Crippen MR) is 80.6 cm³/mol. The minimum Gasteiger partial charge on any atom is -0.382 e. The highest BCUT2D eigenvalue weighted by atomic mass is 16.5. The van der Waals surface area contributed by atoms with Crippen molar-refractivity contribution in [1.29, 1.82) is 0 Å². The average Bonchev–Trinajstić information content (AvgIpc) is 2.37. The van der Waals surface area contributed by atoms with Gasteiger partial charge in [-0.2, -0.15) is 0 Å². The molecular weight excluding hydrogens is 238 g/mol. The van der Waals surface area contributed by atoms with E-state index in [0.717, 1.165) is 19.6 Å². The fourth-order valence-electron chi connectivity index (χ4n) is 2.64. The molecule has 1 aliphatic carbocycles. The van der Waals surface area contributed by atoms with Crippen molar-refractivity contribution in [2.24, 2.45) is 0 Å². The van der Waals surface area contributed by atoms with E-state index in [0.29, 0.717) is 19.3 Å². The maximum absolute atomic E-state index is 5.61. The van der Waals surface area contributed by atoms with Gasteiger partial charge in [-0.3, -0.25) is 0 Å². The summed E-state index contributed by atoms with van der Waals surface area (Å²) in [6.07, 6.45) is 11.5. The van der Waals surface area contributed by atoms with Gasteiger partial charge in [0.15, 0.2) is 0 Å². The van der Waals surface area contributed by atoms with Gasteiger partial charge in [0, 0.05) is 19.8 Å². The number of rotatable bonds is 9. The summed E-state index contributed by atoms with van der Waals surface area (Å²) in [5.74, 6) is 0. The van der Waals surface area contributed by atoms with Crippen molar-refractivity contribution in [3.8, 4) is 0 Å². The zero-order valence-electron chi connectivity index (χ0n) is 12.7. The van der Waals surface area contributed by atoms with Crippen LogP contribution in [0.2, 0.25) is 0 Å². The summed E-state index contributed by atoms with van der Waals surface area (Å²) in [7, 11) is 1.71. The maximum atomic E-state index is 5.61. The Hall–Kier alpha value is -0.380. The lowest BCUT2D eigenvalue weighted by Gasteiger charge is -2.23. The van der Waals surface area contributed by atoms with Crippen molar-refractivity contribution >= 4 is 0 Å². The molecular formula is C16H31NO2. The van der Waals surface area contributed by atoms with Gasteiger partial charge >= 0.3 is 0 Å². The van der Waals surface area contributed by atoms with Gasteiger partial charge in [0.25, 0.3) is 0 Å². The fraction of sp³-hybridized carbons (Fsp3) is 0.875. The third-order valence-electron chi connectivity index (χ3n) is 3.71. The molecule has 3 nitrogen and oxygen atoms in total. The van der Waals surface area contributed by atoms with Crippen LogP contribution in [0.5, 0.6) is 0 Å². The molecule has 0 aliphatic heterocycles. The second-order valence-corrected chi connectivity index (χ2v) is 5.24. The highest BCUT2D eigenvalue weighted by molar-refractivity contribution is 5.11. The SMILES string of the molecule is CCNC(CCOCCOC)C1=CCCCCCC1. The zero-order valence-corrected chi connectivity index (χ0v) is 12.7. The monoisotopic (exact) mass is 269 g/mol. The number of hydrogen-bond acceptors (Lipinski definition) is 3. The predicted octanol–water partition coefficient (Wildman–Crippen LogP) is 3.30. The fourth-order valence-corrected chi connectivity index (χ4v) is 2.64. The Morgan fingerprint density at radius 2 is 2.00 bits per heavy atom. The third kappa shape index (κ3) is 7.71. The molecule has 112 valence electrons. The molecule has 0 aromatic heterocycles. The van der Waals surface area contributed by atoms with Crippen LogP contribution < -0.4 is 5.32 Å². The van der Waals surface area contributed by atoms with Gasteiger partial charge in [0.2, 0.25) is 0 Å². The average molecular weight is 269 g/mol. The van der Waals surface area contributed by atoms with Crippen LogP contribution in [0.15, 0.2) is 11.6 Å². The van der Waals surface area contributed by atoms with E-state index in [4.69, 9.17) is 9.47 Å². The number of likely N-dealkylation sites (N-methyl/N-ethyl adjacent to an activating group) is 1. The van der Waals surface area contributed by atoms with Crippen LogP contribution in [0.1, 0.15) is 51.9 Å². The van der Waals surface area contributed by atoms with E-state index >= 15 is 0 Å². The molecule has 19 heavy (non-hydrogen) atoms. The number of hydrogen-bond donors (Lipinski definition) is 1. The summed E-state index contributed by atoms with van der Waals surface area (Å²) in [5.41, 5.74) is 1.61. The molecule has 1 aliphatic rings. The van der Waals surface area contributed by atoms with E-state index < -0.39 is 0 Å².